The molecule has 3 rings (SSSR count). The summed E-state index contributed by atoms with van der Waals surface area (Å²) in [6.45, 7) is 2.29. The Bertz CT molecular complexity index is 882. The topological polar surface area (TPSA) is 90.3 Å². The number of carbonyl (C=O) groups excluding carboxylic acids is 1. The highest BCUT2D eigenvalue weighted by molar-refractivity contribution is 5.94. The van der Waals surface area contributed by atoms with Crippen LogP contribution in [0.1, 0.15) is 28.8 Å². The number of aromatic nitrogens is 1. The number of ether oxygens (including phenoxy) is 1. The highest BCUT2D eigenvalue weighted by atomic mass is 19.1. The van der Waals surface area contributed by atoms with Crippen molar-refractivity contribution in [2.45, 2.75) is 18.9 Å². The first-order valence-corrected chi connectivity index (χ1v) is 9.55. The van der Waals surface area contributed by atoms with Crippen molar-refractivity contribution in [3.63, 3.8) is 0 Å². The van der Waals surface area contributed by atoms with Crippen molar-refractivity contribution in [3.8, 4) is 6.07 Å². The summed E-state index contributed by atoms with van der Waals surface area (Å²) in [6, 6.07) is 10.1. The zero-order chi connectivity index (χ0) is 20.6. The van der Waals surface area contributed by atoms with Crippen LogP contribution in [0.3, 0.4) is 0 Å². The molecule has 0 saturated carbocycles. The molecule has 1 atom stereocenters. The molecule has 1 aliphatic heterocycles. The van der Waals surface area contributed by atoms with E-state index in [4.69, 9.17) is 10.00 Å². The standard InChI is InChI=1S/C21H24FN5O2/c1-29-10-8-24-21(28)16-5-7-20(25-13-16)26-17-3-2-9-27(14-17)19-6-4-15(12-23)11-18(19)22/h4-7,11,13,17H,2-3,8-10,14H2,1H3,(H,24,28)(H,25,26). The summed E-state index contributed by atoms with van der Waals surface area (Å²) >= 11 is 0. The molecule has 1 fully saturated rings. The molecule has 0 radical (unpaired) electrons. The van der Waals surface area contributed by atoms with Gasteiger partial charge in [-0.05, 0) is 43.2 Å². The smallest absolute Gasteiger partial charge is 0.252 e. The Labute approximate surface area is 169 Å². The SMILES string of the molecule is COCCNC(=O)c1ccc(NC2CCCN(c3ccc(C#N)cc3F)C2)nc1. The number of hydrogen-bond donors (Lipinski definition) is 2. The molecule has 1 amide bonds. The van der Waals surface area contributed by atoms with Gasteiger partial charge < -0.3 is 20.3 Å². The number of piperidine rings is 1. The quantitative estimate of drug-likeness (QED) is 0.698. The van der Waals surface area contributed by atoms with E-state index in [9.17, 15) is 9.18 Å². The first kappa shape index (κ1) is 20.6. The second kappa shape index (κ2) is 9.85. The summed E-state index contributed by atoms with van der Waals surface area (Å²) in [5.41, 5.74) is 1.30. The van der Waals surface area contributed by atoms with E-state index >= 15 is 0 Å². The molecular weight excluding hydrogens is 373 g/mol. The summed E-state index contributed by atoms with van der Waals surface area (Å²) in [7, 11) is 1.58. The highest BCUT2D eigenvalue weighted by Gasteiger charge is 2.22. The van der Waals surface area contributed by atoms with Crippen LogP contribution >= 0.6 is 0 Å². The number of benzene rings is 1. The van der Waals surface area contributed by atoms with Gasteiger partial charge in [-0.25, -0.2) is 9.37 Å². The summed E-state index contributed by atoms with van der Waals surface area (Å²) in [4.78, 5) is 18.3. The maximum absolute atomic E-state index is 14.3. The lowest BCUT2D eigenvalue weighted by molar-refractivity contribution is 0.0937. The number of anilines is 2. The number of pyridine rings is 1. The van der Waals surface area contributed by atoms with Crippen molar-refractivity contribution in [2.75, 3.05) is 43.6 Å². The number of nitriles is 1. The second-order valence-corrected chi connectivity index (χ2v) is 6.89. The van der Waals surface area contributed by atoms with Crippen molar-refractivity contribution in [1.29, 1.82) is 5.26 Å². The molecule has 1 saturated heterocycles. The average Bonchev–Trinajstić information content (AvgIpc) is 2.74. The molecule has 1 aromatic heterocycles. The maximum atomic E-state index is 14.3. The average molecular weight is 397 g/mol. The second-order valence-electron chi connectivity index (χ2n) is 6.89. The molecule has 7 nitrogen and oxygen atoms in total. The van der Waals surface area contributed by atoms with E-state index in [1.165, 1.54) is 12.3 Å². The Balaban J connectivity index is 1.59. The molecule has 152 valence electrons. The van der Waals surface area contributed by atoms with Crippen LogP contribution < -0.4 is 15.5 Å². The molecule has 8 heteroatoms. The molecular formula is C21H24FN5O2. The van der Waals surface area contributed by atoms with Crippen molar-refractivity contribution >= 4 is 17.4 Å². The third kappa shape index (κ3) is 5.42. The van der Waals surface area contributed by atoms with Gasteiger partial charge in [0.25, 0.3) is 5.91 Å². The van der Waals surface area contributed by atoms with Gasteiger partial charge in [0.1, 0.15) is 11.6 Å². The van der Waals surface area contributed by atoms with E-state index in [-0.39, 0.29) is 17.8 Å². The third-order valence-electron chi connectivity index (χ3n) is 4.81. The predicted molar refractivity (Wildman–Crippen MR) is 108 cm³/mol. The first-order valence-electron chi connectivity index (χ1n) is 9.55. The minimum Gasteiger partial charge on any atom is -0.383 e. The Hall–Kier alpha value is -3.18. The molecule has 2 aromatic rings. The van der Waals surface area contributed by atoms with Gasteiger partial charge in [-0.15, -0.1) is 0 Å². The Kier molecular flexibility index (Phi) is 6.98. The number of methoxy groups -OCH3 is 1. The van der Waals surface area contributed by atoms with Crippen molar-refractivity contribution in [3.05, 3.63) is 53.5 Å². The largest absolute Gasteiger partial charge is 0.383 e. The van der Waals surface area contributed by atoms with Gasteiger partial charge in [0.05, 0.1) is 29.5 Å². The summed E-state index contributed by atoms with van der Waals surface area (Å²) in [6.07, 6.45) is 3.39. The van der Waals surface area contributed by atoms with Gasteiger partial charge in [-0.3, -0.25) is 4.79 Å². The fourth-order valence-electron chi connectivity index (χ4n) is 3.34. The van der Waals surface area contributed by atoms with E-state index in [0.717, 1.165) is 19.4 Å². The van der Waals surface area contributed by atoms with Crippen molar-refractivity contribution in [1.82, 2.24) is 10.3 Å². The monoisotopic (exact) mass is 397 g/mol. The third-order valence-corrected chi connectivity index (χ3v) is 4.81. The van der Waals surface area contributed by atoms with Crippen LogP contribution in [-0.4, -0.2) is 50.3 Å². The number of hydrogen-bond acceptors (Lipinski definition) is 6. The van der Waals surface area contributed by atoms with Crippen LogP contribution in [0, 0.1) is 17.1 Å². The highest BCUT2D eigenvalue weighted by Crippen LogP contribution is 2.25. The zero-order valence-corrected chi connectivity index (χ0v) is 16.3. The number of carbonyl (C=O) groups is 1. The molecule has 2 N–H and O–H groups in total. The number of amides is 1. The van der Waals surface area contributed by atoms with Crippen LogP contribution in [0.25, 0.3) is 0 Å². The van der Waals surface area contributed by atoms with Crippen molar-refractivity contribution in [2.24, 2.45) is 0 Å². The molecule has 0 spiro atoms. The van der Waals surface area contributed by atoms with E-state index in [1.807, 2.05) is 11.0 Å². The zero-order valence-electron chi connectivity index (χ0n) is 16.3. The minimum atomic E-state index is -0.383. The molecule has 0 bridgehead atoms. The normalized spacial score (nSPS) is 16.2. The Morgan fingerprint density at radius 2 is 2.28 bits per heavy atom. The maximum Gasteiger partial charge on any atom is 0.252 e. The molecule has 1 aromatic carbocycles. The predicted octanol–water partition coefficient (Wildman–Crippen LogP) is 2.55. The summed E-state index contributed by atoms with van der Waals surface area (Å²) < 4.78 is 19.2. The fourth-order valence-corrected chi connectivity index (χ4v) is 3.34. The summed E-state index contributed by atoms with van der Waals surface area (Å²) in [5.74, 6) is 0.0958. The van der Waals surface area contributed by atoms with Gasteiger partial charge in [-0.1, -0.05) is 0 Å². The number of nitrogens with zero attached hydrogens (tertiary/aromatic N) is 3. The van der Waals surface area contributed by atoms with E-state index < -0.39 is 0 Å². The molecule has 2 heterocycles. The number of nitrogens with one attached hydrogen (secondary N) is 2. The van der Waals surface area contributed by atoms with Gasteiger partial charge >= 0.3 is 0 Å². The minimum absolute atomic E-state index is 0.104. The van der Waals surface area contributed by atoms with Crippen LogP contribution in [0.15, 0.2) is 36.5 Å². The lowest BCUT2D eigenvalue weighted by atomic mass is 10.0. The fraction of sp³-hybridized carbons (Fsp3) is 0.381. The van der Waals surface area contributed by atoms with Gasteiger partial charge in [0.2, 0.25) is 0 Å². The number of halogens is 1. The molecule has 29 heavy (non-hydrogen) atoms. The van der Waals surface area contributed by atoms with E-state index in [0.29, 0.717) is 42.3 Å². The van der Waals surface area contributed by atoms with Crippen LogP contribution in [-0.2, 0) is 4.74 Å². The van der Waals surface area contributed by atoms with Gasteiger partial charge in [-0.2, -0.15) is 5.26 Å². The van der Waals surface area contributed by atoms with E-state index in [2.05, 4.69) is 15.6 Å². The molecule has 1 unspecified atom stereocenters. The molecule has 1 aliphatic rings. The molecule has 0 aliphatic carbocycles. The van der Waals surface area contributed by atoms with Crippen LogP contribution in [0.4, 0.5) is 15.9 Å². The van der Waals surface area contributed by atoms with Gasteiger partial charge in [0.15, 0.2) is 0 Å². The lowest BCUT2D eigenvalue weighted by Crippen LogP contribution is -2.42. The van der Waals surface area contributed by atoms with Gasteiger partial charge in [0, 0.05) is 39.0 Å². The Morgan fingerprint density at radius 1 is 1.41 bits per heavy atom. The van der Waals surface area contributed by atoms with Crippen molar-refractivity contribution < 1.29 is 13.9 Å². The Morgan fingerprint density at radius 3 is 2.97 bits per heavy atom. The first-order chi connectivity index (χ1) is 14.1. The van der Waals surface area contributed by atoms with Crippen LogP contribution in [0.5, 0.6) is 0 Å². The summed E-state index contributed by atoms with van der Waals surface area (Å²) in [5, 5.41) is 15.0. The number of rotatable bonds is 7. The van der Waals surface area contributed by atoms with Crippen LogP contribution in [0.2, 0.25) is 0 Å². The van der Waals surface area contributed by atoms with E-state index in [1.54, 1.807) is 31.4 Å². The lowest BCUT2D eigenvalue weighted by Gasteiger charge is -2.35.